The van der Waals surface area contributed by atoms with Crippen molar-refractivity contribution in [2.75, 3.05) is 6.54 Å². The minimum atomic E-state index is -4.72. The fourth-order valence-corrected chi connectivity index (χ4v) is 4.28. The van der Waals surface area contributed by atoms with Crippen LogP contribution in [0.4, 0.5) is 13.2 Å². The second kappa shape index (κ2) is 10.5. The lowest BCUT2D eigenvalue weighted by Crippen LogP contribution is -2.33. The lowest BCUT2D eigenvalue weighted by molar-refractivity contribution is -0.274. The molecule has 1 aliphatic heterocycles. The van der Waals surface area contributed by atoms with Crippen LogP contribution in [0.15, 0.2) is 72.8 Å². The summed E-state index contributed by atoms with van der Waals surface area (Å²) in [4.78, 5) is 26.2. The molecule has 0 aromatic heterocycles. The molecule has 2 unspecified atom stereocenters. The van der Waals surface area contributed by atoms with E-state index in [1.807, 2.05) is 31.2 Å². The van der Waals surface area contributed by atoms with Gasteiger partial charge in [0.25, 0.3) is 11.8 Å². The maximum absolute atomic E-state index is 12.5. The molecule has 36 heavy (non-hydrogen) atoms. The van der Waals surface area contributed by atoms with Gasteiger partial charge in [0, 0.05) is 6.54 Å². The van der Waals surface area contributed by atoms with Crippen LogP contribution in [-0.4, -0.2) is 40.8 Å². The van der Waals surface area contributed by atoms with Gasteiger partial charge in [-0.25, -0.2) is 0 Å². The average molecular weight is 498 g/mol. The highest BCUT2D eigenvalue weighted by Crippen LogP contribution is 2.27. The van der Waals surface area contributed by atoms with E-state index in [2.05, 4.69) is 4.74 Å². The number of hydrogen-bond acceptors (Lipinski definition) is 4. The van der Waals surface area contributed by atoms with Crippen molar-refractivity contribution < 1.29 is 32.6 Å². The highest BCUT2D eigenvalue weighted by molar-refractivity contribution is 6.21. The monoisotopic (exact) mass is 497 g/mol. The number of amides is 2. The van der Waals surface area contributed by atoms with Gasteiger partial charge in [-0.05, 0) is 66.1 Å². The molecule has 0 saturated heterocycles. The second-order valence-electron chi connectivity index (χ2n) is 8.95. The number of carbonyl (C=O) groups is 2. The van der Waals surface area contributed by atoms with Gasteiger partial charge in [0.15, 0.2) is 0 Å². The number of benzene rings is 3. The Hall–Kier alpha value is -3.65. The van der Waals surface area contributed by atoms with Crippen LogP contribution in [0, 0.1) is 5.92 Å². The quantitative estimate of drug-likeness (QED) is 0.376. The molecule has 3 aromatic rings. The Morgan fingerprint density at radius 2 is 1.36 bits per heavy atom. The maximum atomic E-state index is 12.5. The molecule has 0 aliphatic carbocycles. The zero-order valence-corrected chi connectivity index (χ0v) is 19.7. The van der Waals surface area contributed by atoms with E-state index in [1.54, 1.807) is 36.4 Å². The summed E-state index contributed by atoms with van der Waals surface area (Å²) in [6.07, 6.45) is -3.66. The van der Waals surface area contributed by atoms with Gasteiger partial charge in [-0.15, -0.1) is 13.2 Å². The Balaban J connectivity index is 1.26. The third kappa shape index (κ3) is 5.94. The van der Waals surface area contributed by atoms with Gasteiger partial charge in [0.2, 0.25) is 0 Å². The average Bonchev–Trinajstić information content (AvgIpc) is 3.10. The minimum Gasteiger partial charge on any atom is -0.406 e. The number of alkyl halides is 3. The summed E-state index contributed by atoms with van der Waals surface area (Å²) in [5.41, 5.74) is 3.47. The van der Waals surface area contributed by atoms with Crippen molar-refractivity contribution in [1.82, 2.24) is 4.90 Å². The molecule has 4 rings (SSSR count). The minimum absolute atomic E-state index is 0.106. The summed E-state index contributed by atoms with van der Waals surface area (Å²) in [5, 5.41) is 10.6. The van der Waals surface area contributed by atoms with E-state index in [1.165, 1.54) is 17.0 Å². The van der Waals surface area contributed by atoms with Crippen molar-refractivity contribution in [3.63, 3.8) is 0 Å². The van der Waals surface area contributed by atoms with Crippen molar-refractivity contribution in [1.29, 1.82) is 0 Å². The Kier molecular flexibility index (Phi) is 7.45. The molecule has 2 atom stereocenters. The van der Waals surface area contributed by atoms with Gasteiger partial charge in [-0.2, -0.15) is 0 Å². The lowest BCUT2D eigenvalue weighted by atomic mass is 9.94. The first-order chi connectivity index (χ1) is 17.1. The normalized spacial score (nSPS) is 15.1. The number of aliphatic hydroxyl groups is 1. The molecular weight excluding hydrogens is 471 g/mol. The van der Waals surface area contributed by atoms with E-state index in [-0.39, 0.29) is 30.0 Å². The number of rotatable bonds is 9. The van der Waals surface area contributed by atoms with Crippen LogP contribution in [0.1, 0.15) is 46.0 Å². The topological polar surface area (TPSA) is 66.8 Å². The summed E-state index contributed by atoms with van der Waals surface area (Å²) in [7, 11) is 0. The van der Waals surface area contributed by atoms with E-state index >= 15 is 0 Å². The van der Waals surface area contributed by atoms with Crippen LogP contribution >= 0.6 is 0 Å². The molecule has 1 heterocycles. The second-order valence-corrected chi connectivity index (χ2v) is 8.95. The third-order valence-corrected chi connectivity index (χ3v) is 6.45. The summed E-state index contributed by atoms with van der Waals surface area (Å²) in [6, 6.07) is 20.0. The standard InChI is InChI=1S/C28H26F3NO4/c1-18(16-17-32-26(34)23-4-2-3-5-24(23)27(32)35)25(33)15-8-19-6-9-20(10-7-19)21-11-13-22(14-12-21)36-28(29,30)31/h2-7,9-14,18,25,33H,8,15-17H2,1H3. The number of nitrogens with zero attached hydrogens (tertiary/aromatic N) is 1. The fraction of sp³-hybridized carbons (Fsp3) is 0.286. The molecule has 8 heteroatoms. The zero-order chi connectivity index (χ0) is 25.9. The molecule has 0 saturated carbocycles. The summed E-state index contributed by atoms with van der Waals surface area (Å²) >= 11 is 0. The molecule has 0 spiro atoms. The summed E-state index contributed by atoms with van der Waals surface area (Å²) in [5.74, 6) is -0.959. The molecule has 0 bridgehead atoms. The smallest absolute Gasteiger partial charge is 0.406 e. The van der Waals surface area contributed by atoms with E-state index in [4.69, 9.17) is 0 Å². The number of aryl methyl sites for hydroxylation is 1. The molecule has 1 aliphatic rings. The predicted octanol–water partition coefficient (Wildman–Crippen LogP) is 5.87. The van der Waals surface area contributed by atoms with E-state index < -0.39 is 12.5 Å². The van der Waals surface area contributed by atoms with Crippen molar-refractivity contribution in [2.24, 2.45) is 5.92 Å². The van der Waals surface area contributed by atoms with Crippen molar-refractivity contribution in [3.8, 4) is 16.9 Å². The van der Waals surface area contributed by atoms with Gasteiger partial charge in [0.1, 0.15) is 5.75 Å². The number of carbonyl (C=O) groups excluding carboxylic acids is 2. The number of fused-ring (bicyclic) bond motifs is 1. The third-order valence-electron chi connectivity index (χ3n) is 6.45. The Morgan fingerprint density at radius 1 is 0.833 bits per heavy atom. The van der Waals surface area contributed by atoms with E-state index in [0.717, 1.165) is 16.7 Å². The molecule has 5 nitrogen and oxygen atoms in total. The first-order valence-electron chi connectivity index (χ1n) is 11.7. The van der Waals surface area contributed by atoms with Crippen LogP contribution in [0.2, 0.25) is 0 Å². The lowest BCUT2D eigenvalue weighted by Gasteiger charge is -2.21. The summed E-state index contributed by atoms with van der Waals surface area (Å²) < 4.78 is 40.8. The van der Waals surface area contributed by atoms with E-state index in [0.29, 0.717) is 30.4 Å². The predicted molar refractivity (Wildman–Crippen MR) is 128 cm³/mol. The molecule has 0 radical (unpaired) electrons. The molecule has 3 aromatic carbocycles. The van der Waals surface area contributed by atoms with Crippen LogP contribution in [0.25, 0.3) is 11.1 Å². The van der Waals surface area contributed by atoms with Gasteiger partial charge >= 0.3 is 6.36 Å². The number of ether oxygens (including phenoxy) is 1. The Morgan fingerprint density at radius 3 is 1.89 bits per heavy atom. The zero-order valence-electron chi connectivity index (χ0n) is 19.7. The number of hydrogen-bond donors (Lipinski definition) is 1. The highest BCUT2D eigenvalue weighted by atomic mass is 19.4. The van der Waals surface area contributed by atoms with E-state index in [9.17, 15) is 27.9 Å². The van der Waals surface area contributed by atoms with Crippen molar-refractivity contribution >= 4 is 11.8 Å². The van der Waals surface area contributed by atoms with Crippen LogP contribution < -0.4 is 4.74 Å². The number of imide groups is 1. The molecule has 188 valence electrons. The highest BCUT2D eigenvalue weighted by Gasteiger charge is 2.35. The SMILES string of the molecule is CC(CCN1C(=O)c2ccccc2C1=O)C(O)CCc1ccc(-c2ccc(OC(F)(F)F)cc2)cc1. The Bertz CT molecular complexity index is 1190. The van der Waals surface area contributed by atoms with Crippen molar-refractivity contribution in [2.45, 2.75) is 38.7 Å². The fourth-order valence-electron chi connectivity index (χ4n) is 4.28. The van der Waals surface area contributed by atoms with Crippen LogP contribution in [0.5, 0.6) is 5.75 Å². The number of aliphatic hydroxyl groups excluding tert-OH is 1. The van der Waals surface area contributed by atoms with Gasteiger partial charge < -0.3 is 9.84 Å². The summed E-state index contributed by atoms with van der Waals surface area (Å²) in [6.45, 7) is 2.16. The van der Waals surface area contributed by atoms with Gasteiger partial charge in [-0.3, -0.25) is 14.5 Å². The molecular formula is C28H26F3NO4. The van der Waals surface area contributed by atoms with Gasteiger partial charge in [0.05, 0.1) is 17.2 Å². The van der Waals surface area contributed by atoms with Crippen LogP contribution in [-0.2, 0) is 6.42 Å². The number of halogens is 3. The van der Waals surface area contributed by atoms with Crippen LogP contribution in [0.3, 0.4) is 0 Å². The largest absolute Gasteiger partial charge is 0.573 e. The molecule has 2 amide bonds. The van der Waals surface area contributed by atoms with Crippen molar-refractivity contribution in [3.05, 3.63) is 89.5 Å². The molecule has 1 N–H and O–H groups in total. The van der Waals surface area contributed by atoms with Gasteiger partial charge in [-0.1, -0.05) is 55.5 Å². The molecule has 0 fully saturated rings. The maximum Gasteiger partial charge on any atom is 0.573 e. The first-order valence-corrected chi connectivity index (χ1v) is 11.7. The Labute approximate surface area is 207 Å². The first kappa shape index (κ1) is 25.4.